The van der Waals surface area contributed by atoms with Gasteiger partial charge >= 0.3 is 0 Å². The fourth-order valence-electron chi connectivity index (χ4n) is 3.58. The van der Waals surface area contributed by atoms with Crippen molar-refractivity contribution >= 4 is 21.6 Å². The summed E-state index contributed by atoms with van der Waals surface area (Å²) in [5.41, 5.74) is 0.429. The molecule has 0 radical (unpaired) electrons. The highest BCUT2D eigenvalue weighted by Gasteiger charge is 2.27. The summed E-state index contributed by atoms with van der Waals surface area (Å²) < 4.78 is 38.6. The van der Waals surface area contributed by atoms with E-state index < -0.39 is 10.0 Å². The lowest BCUT2D eigenvalue weighted by Crippen LogP contribution is -2.48. The number of anilines is 1. The first-order chi connectivity index (χ1) is 13.7. The fraction of sp³-hybridized carbons (Fsp3) is 0.650. The van der Waals surface area contributed by atoms with Gasteiger partial charge in [-0.05, 0) is 39.0 Å². The van der Waals surface area contributed by atoms with Gasteiger partial charge in [0, 0.05) is 31.9 Å². The van der Waals surface area contributed by atoms with Crippen molar-refractivity contribution < 1.29 is 22.7 Å². The Kier molecular flexibility index (Phi) is 8.45. The number of sulfonamides is 1. The molecule has 8 nitrogen and oxygen atoms in total. The number of carbonyl (C=O) groups excluding carboxylic acids is 1. The largest absolute Gasteiger partial charge is 0.492 e. The van der Waals surface area contributed by atoms with Gasteiger partial charge in [0.2, 0.25) is 15.9 Å². The summed E-state index contributed by atoms with van der Waals surface area (Å²) in [4.78, 5) is 14.6. The third-order valence-electron chi connectivity index (χ3n) is 4.71. The van der Waals surface area contributed by atoms with Crippen molar-refractivity contribution in [2.24, 2.45) is 0 Å². The van der Waals surface area contributed by atoms with Gasteiger partial charge in [-0.15, -0.1) is 0 Å². The number of morpholine rings is 1. The Morgan fingerprint density at radius 3 is 2.38 bits per heavy atom. The molecule has 0 aromatic heterocycles. The van der Waals surface area contributed by atoms with Crippen LogP contribution < -0.4 is 10.1 Å². The Balaban J connectivity index is 2.20. The second kappa shape index (κ2) is 10.4. The van der Waals surface area contributed by atoms with Crippen LogP contribution in [0, 0.1) is 0 Å². The van der Waals surface area contributed by atoms with Crippen LogP contribution in [0.4, 0.5) is 5.69 Å². The Bertz CT molecular complexity index is 785. The summed E-state index contributed by atoms with van der Waals surface area (Å²) in [7, 11) is -3.72. The van der Waals surface area contributed by atoms with Crippen molar-refractivity contribution in [2.75, 3.05) is 44.6 Å². The first-order valence-corrected chi connectivity index (χ1v) is 11.6. The van der Waals surface area contributed by atoms with E-state index in [2.05, 4.69) is 5.32 Å². The molecule has 1 aromatic carbocycles. The van der Waals surface area contributed by atoms with E-state index in [0.717, 1.165) is 0 Å². The predicted octanol–water partition coefficient (Wildman–Crippen LogP) is 2.16. The first kappa shape index (κ1) is 23.6. The zero-order valence-electron chi connectivity index (χ0n) is 18.0. The van der Waals surface area contributed by atoms with Crippen LogP contribution >= 0.6 is 0 Å². The van der Waals surface area contributed by atoms with Gasteiger partial charge < -0.3 is 14.8 Å². The number of ether oxygens (including phenoxy) is 2. The normalized spacial score (nSPS) is 20.6. The van der Waals surface area contributed by atoms with E-state index in [1.165, 1.54) is 10.4 Å². The van der Waals surface area contributed by atoms with E-state index in [1.807, 2.05) is 18.7 Å². The monoisotopic (exact) mass is 427 g/mol. The smallest absolute Gasteiger partial charge is 0.246 e. The predicted molar refractivity (Wildman–Crippen MR) is 113 cm³/mol. The van der Waals surface area contributed by atoms with Crippen molar-refractivity contribution in [1.82, 2.24) is 9.21 Å². The standard InChI is InChI=1S/C20H33N3O5S/c1-6-23(7-2)29(25,26)19-11-17(9-10-18(19)27-8-3)21-20(24)14-22-12-15(4)28-16(5)13-22/h9-11,15-16H,6-8,12-14H2,1-5H3,(H,21,24)/t15-,16-/m0/s1. The van der Waals surface area contributed by atoms with E-state index in [-0.39, 0.29) is 35.3 Å². The number of benzene rings is 1. The van der Waals surface area contributed by atoms with E-state index in [4.69, 9.17) is 9.47 Å². The number of rotatable bonds is 9. The van der Waals surface area contributed by atoms with Crippen molar-refractivity contribution in [3.8, 4) is 5.75 Å². The maximum Gasteiger partial charge on any atom is 0.246 e. The highest BCUT2D eigenvalue weighted by Crippen LogP contribution is 2.30. The molecule has 0 spiro atoms. The Labute approximate surface area is 174 Å². The SMILES string of the molecule is CCOc1ccc(NC(=O)CN2C[C@H](C)O[C@@H](C)C2)cc1S(=O)(=O)N(CC)CC. The lowest BCUT2D eigenvalue weighted by Gasteiger charge is -2.34. The lowest BCUT2D eigenvalue weighted by molar-refractivity contribution is -0.121. The maximum absolute atomic E-state index is 13.0. The van der Waals surface area contributed by atoms with E-state index >= 15 is 0 Å². The Morgan fingerprint density at radius 1 is 1.21 bits per heavy atom. The second-order valence-corrected chi connectivity index (χ2v) is 9.09. The highest BCUT2D eigenvalue weighted by molar-refractivity contribution is 7.89. The van der Waals surface area contributed by atoms with Crippen LogP contribution in [-0.2, 0) is 19.6 Å². The third kappa shape index (κ3) is 6.15. The van der Waals surface area contributed by atoms with Crippen LogP contribution in [0.1, 0.15) is 34.6 Å². The molecule has 164 valence electrons. The zero-order valence-corrected chi connectivity index (χ0v) is 18.8. The average Bonchev–Trinajstić information content (AvgIpc) is 2.63. The minimum absolute atomic E-state index is 0.0643. The summed E-state index contributed by atoms with van der Waals surface area (Å²) in [6, 6.07) is 4.73. The van der Waals surface area contributed by atoms with Crippen molar-refractivity contribution in [3.63, 3.8) is 0 Å². The number of carbonyl (C=O) groups is 1. The molecular weight excluding hydrogens is 394 g/mol. The third-order valence-corrected chi connectivity index (χ3v) is 6.78. The second-order valence-electron chi connectivity index (χ2n) is 7.18. The van der Waals surface area contributed by atoms with Crippen molar-refractivity contribution in [2.45, 2.75) is 51.7 Å². The molecule has 1 aromatic rings. The van der Waals surface area contributed by atoms with Crippen molar-refractivity contribution in [1.29, 1.82) is 0 Å². The minimum atomic E-state index is -3.72. The lowest BCUT2D eigenvalue weighted by atomic mass is 10.2. The number of nitrogens with zero attached hydrogens (tertiary/aromatic N) is 2. The van der Waals surface area contributed by atoms with Crippen LogP contribution in [-0.4, -0.2) is 75.1 Å². The Hall–Kier alpha value is -1.68. The maximum atomic E-state index is 13.0. The van der Waals surface area contributed by atoms with Gasteiger partial charge in [-0.3, -0.25) is 9.69 Å². The van der Waals surface area contributed by atoms with Crippen LogP contribution in [0.3, 0.4) is 0 Å². The molecule has 29 heavy (non-hydrogen) atoms. The molecule has 1 amide bonds. The Morgan fingerprint density at radius 2 is 1.83 bits per heavy atom. The van der Waals surface area contributed by atoms with Crippen LogP contribution in [0.5, 0.6) is 5.75 Å². The van der Waals surface area contributed by atoms with Gasteiger partial charge in [-0.2, -0.15) is 4.31 Å². The van der Waals surface area contributed by atoms with Gasteiger partial charge in [0.25, 0.3) is 0 Å². The van der Waals surface area contributed by atoms with E-state index in [1.54, 1.807) is 32.9 Å². The molecule has 0 aliphatic carbocycles. The van der Waals surface area contributed by atoms with Crippen LogP contribution in [0.2, 0.25) is 0 Å². The quantitative estimate of drug-likeness (QED) is 0.650. The summed E-state index contributed by atoms with van der Waals surface area (Å²) in [5.74, 6) is 0.0925. The molecule has 2 atom stereocenters. The summed E-state index contributed by atoms with van der Waals surface area (Å²) in [5, 5.41) is 2.82. The molecule has 9 heteroatoms. The van der Waals surface area contributed by atoms with Gasteiger partial charge in [-0.1, -0.05) is 13.8 Å². The molecule has 1 aliphatic rings. The molecule has 1 N–H and O–H groups in total. The van der Waals surface area contributed by atoms with Gasteiger partial charge in [0.1, 0.15) is 10.6 Å². The molecule has 0 bridgehead atoms. The number of amides is 1. The summed E-state index contributed by atoms with van der Waals surface area (Å²) in [6.07, 6.45) is 0.144. The molecule has 1 fully saturated rings. The summed E-state index contributed by atoms with van der Waals surface area (Å²) >= 11 is 0. The molecule has 0 unspecified atom stereocenters. The van der Waals surface area contributed by atoms with E-state index in [0.29, 0.717) is 38.5 Å². The average molecular weight is 428 g/mol. The van der Waals surface area contributed by atoms with Gasteiger partial charge in [0.15, 0.2) is 0 Å². The number of nitrogens with one attached hydrogen (secondary N) is 1. The number of hydrogen-bond donors (Lipinski definition) is 1. The van der Waals surface area contributed by atoms with Crippen LogP contribution in [0.25, 0.3) is 0 Å². The molecule has 0 saturated carbocycles. The molecule has 1 heterocycles. The summed E-state index contributed by atoms with van der Waals surface area (Å²) in [6.45, 7) is 12.0. The zero-order chi connectivity index (χ0) is 21.6. The fourth-order valence-corrected chi connectivity index (χ4v) is 5.20. The van der Waals surface area contributed by atoms with Gasteiger partial charge in [0.05, 0.1) is 25.4 Å². The molecule has 1 saturated heterocycles. The van der Waals surface area contributed by atoms with E-state index in [9.17, 15) is 13.2 Å². The minimum Gasteiger partial charge on any atom is -0.492 e. The topological polar surface area (TPSA) is 88.2 Å². The van der Waals surface area contributed by atoms with Crippen molar-refractivity contribution in [3.05, 3.63) is 18.2 Å². The first-order valence-electron chi connectivity index (χ1n) is 10.2. The van der Waals surface area contributed by atoms with Gasteiger partial charge in [-0.25, -0.2) is 8.42 Å². The molecule has 1 aliphatic heterocycles. The van der Waals surface area contributed by atoms with Crippen LogP contribution in [0.15, 0.2) is 23.1 Å². The number of hydrogen-bond acceptors (Lipinski definition) is 6. The molecule has 2 rings (SSSR count). The molecular formula is C20H33N3O5S. The highest BCUT2D eigenvalue weighted by atomic mass is 32.2.